The first-order chi connectivity index (χ1) is 6.02. The van der Waals surface area contributed by atoms with Crippen LogP contribution in [0.1, 0.15) is 6.42 Å². The predicted octanol–water partition coefficient (Wildman–Crippen LogP) is 0.381. The van der Waals surface area contributed by atoms with Crippen LogP contribution in [0.25, 0.3) is 0 Å². The maximum Gasteiger partial charge on any atom is 0.163 e. The maximum atomic E-state index is 10.8. The molecule has 0 aromatic heterocycles. The van der Waals surface area contributed by atoms with Crippen molar-refractivity contribution in [1.29, 1.82) is 0 Å². The smallest absolute Gasteiger partial charge is 0.163 e. The van der Waals surface area contributed by atoms with Gasteiger partial charge in [-0.3, -0.25) is 4.79 Å². The predicted molar refractivity (Wildman–Crippen MR) is 58.5 cm³/mol. The molecule has 0 spiro atoms. The van der Waals surface area contributed by atoms with E-state index in [1.807, 2.05) is 37.1 Å². The van der Waals surface area contributed by atoms with Crippen LogP contribution in [0.5, 0.6) is 0 Å². The molecular formula is C8H17INO3+. The van der Waals surface area contributed by atoms with Gasteiger partial charge in [-0.1, -0.05) is 0 Å². The molecular weight excluding hydrogens is 285 g/mol. The van der Waals surface area contributed by atoms with E-state index in [4.69, 9.17) is 8.17 Å². The van der Waals surface area contributed by atoms with Gasteiger partial charge in [-0.25, -0.2) is 0 Å². The van der Waals surface area contributed by atoms with Crippen LogP contribution in [0.3, 0.4) is 0 Å². The first kappa shape index (κ1) is 13.3. The van der Waals surface area contributed by atoms with Gasteiger partial charge in [0.1, 0.15) is 42.8 Å². The number of quaternary nitrogens is 1. The number of hydrogen-bond acceptors (Lipinski definition) is 3. The molecule has 13 heavy (non-hydrogen) atoms. The summed E-state index contributed by atoms with van der Waals surface area (Å²) in [5.74, 6) is -0.0957. The largest absolute Gasteiger partial charge is 0.389 e. The van der Waals surface area contributed by atoms with E-state index in [9.17, 15) is 4.79 Å². The van der Waals surface area contributed by atoms with Gasteiger partial charge in [-0.15, -0.1) is 0 Å². The van der Waals surface area contributed by atoms with Crippen molar-refractivity contribution in [1.82, 2.24) is 0 Å². The Hall–Kier alpha value is 0.280. The summed E-state index contributed by atoms with van der Waals surface area (Å²) in [4.78, 5) is 10.8. The van der Waals surface area contributed by atoms with E-state index >= 15 is 0 Å². The highest BCUT2D eigenvalue weighted by Gasteiger charge is 2.16. The van der Waals surface area contributed by atoms with Gasteiger partial charge in [-0.2, -0.15) is 0 Å². The monoisotopic (exact) mass is 302 g/mol. The Balaban J connectivity index is 3.67. The van der Waals surface area contributed by atoms with E-state index in [1.165, 1.54) is 0 Å². The minimum absolute atomic E-state index is 0.0957. The van der Waals surface area contributed by atoms with E-state index in [0.717, 1.165) is 17.6 Å². The van der Waals surface area contributed by atoms with E-state index < -0.39 is 0 Å². The van der Waals surface area contributed by atoms with Crippen molar-refractivity contribution in [3.05, 3.63) is 0 Å². The lowest BCUT2D eigenvalue weighted by Crippen LogP contribution is -2.43. The van der Waals surface area contributed by atoms with Gasteiger partial charge in [0.15, 0.2) is 5.78 Å². The summed E-state index contributed by atoms with van der Waals surface area (Å²) < 4.78 is 5.68. The minimum Gasteiger partial charge on any atom is -0.389 e. The SMILES string of the molecule is C[N+](C)(CCOI)CCC(=O)CO. The third-order valence-corrected chi connectivity index (χ3v) is 2.39. The number of hydrogen-bond donors (Lipinski definition) is 1. The first-order valence-corrected chi connectivity index (χ1v) is 5.08. The highest BCUT2D eigenvalue weighted by atomic mass is 127. The van der Waals surface area contributed by atoms with Crippen LogP contribution in [0.4, 0.5) is 0 Å². The molecule has 0 aromatic rings. The molecule has 0 saturated carbocycles. The van der Waals surface area contributed by atoms with Crippen molar-refractivity contribution in [3.8, 4) is 0 Å². The second kappa shape index (κ2) is 6.69. The Labute approximate surface area is 93.1 Å². The molecule has 0 unspecified atom stereocenters. The van der Waals surface area contributed by atoms with Crippen molar-refractivity contribution < 1.29 is 17.5 Å². The molecule has 0 aliphatic heterocycles. The van der Waals surface area contributed by atoms with Gasteiger partial charge in [0.2, 0.25) is 0 Å². The number of halogens is 1. The normalized spacial score (nSPS) is 11.7. The number of nitrogens with zero attached hydrogens (tertiary/aromatic N) is 1. The van der Waals surface area contributed by atoms with E-state index in [0.29, 0.717) is 13.0 Å². The molecule has 0 saturated heterocycles. The zero-order valence-electron chi connectivity index (χ0n) is 8.12. The maximum absolute atomic E-state index is 10.8. The molecule has 1 N–H and O–H groups in total. The molecule has 0 heterocycles. The van der Waals surface area contributed by atoms with Crippen molar-refractivity contribution in [2.24, 2.45) is 0 Å². The number of likely N-dealkylation sites (N-methyl/N-ethyl adjacent to an activating group) is 1. The average molecular weight is 302 g/mol. The molecule has 0 aliphatic rings. The lowest BCUT2D eigenvalue weighted by Gasteiger charge is -2.28. The lowest BCUT2D eigenvalue weighted by atomic mass is 10.2. The van der Waals surface area contributed by atoms with Gasteiger partial charge in [0.05, 0.1) is 27.1 Å². The van der Waals surface area contributed by atoms with E-state index in [1.54, 1.807) is 0 Å². The van der Waals surface area contributed by atoms with Crippen molar-refractivity contribution in [2.75, 3.05) is 40.4 Å². The molecule has 0 bridgehead atoms. The summed E-state index contributed by atoms with van der Waals surface area (Å²) >= 11 is 1.86. The molecule has 0 atom stereocenters. The summed E-state index contributed by atoms with van der Waals surface area (Å²) in [7, 11) is 4.08. The van der Waals surface area contributed by atoms with Crippen LogP contribution < -0.4 is 0 Å². The fraction of sp³-hybridized carbons (Fsp3) is 0.875. The zero-order chi connectivity index (χ0) is 10.3. The average Bonchev–Trinajstić information content (AvgIpc) is 2.11. The summed E-state index contributed by atoms with van der Waals surface area (Å²) in [6, 6.07) is 0. The van der Waals surface area contributed by atoms with Crippen LogP contribution in [-0.4, -0.2) is 55.8 Å². The fourth-order valence-electron chi connectivity index (χ4n) is 0.900. The Morgan fingerprint density at radius 2 is 2.08 bits per heavy atom. The van der Waals surface area contributed by atoms with Crippen molar-refractivity contribution in [3.63, 3.8) is 0 Å². The molecule has 0 rings (SSSR count). The molecule has 0 fully saturated rings. The van der Waals surface area contributed by atoms with Gasteiger partial charge < -0.3 is 12.7 Å². The molecule has 78 valence electrons. The Bertz CT molecular complexity index is 161. The van der Waals surface area contributed by atoms with Crippen molar-refractivity contribution >= 4 is 28.8 Å². The number of aliphatic hydroxyl groups excluding tert-OH is 1. The molecule has 0 aromatic carbocycles. The Morgan fingerprint density at radius 1 is 1.46 bits per heavy atom. The number of Topliss-reactive ketones (excluding diaryl/α,β-unsaturated/α-hetero) is 1. The molecule has 5 heteroatoms. The summed E-state index contributed by atoms with van der Waals surface area (Å²) in [5.41, 5.74) is 0. The van der Waals surface area contributed by atoms with Gasteiger partial charge in [0, 0.05) is 0 Å². The van der Waals surface area contributed by atoms with Gasteiger partial charge in [-0.05, 0) is 0 Å². The number of carbonyl (C=O) groups excluding carboxylic acids is 1. The van der Waals surface area contributed by atoms with Gasteiger partial charge >= 0.3 is 0 Å². The van der Waals surface area contributed by atoms with Crippen LogP contribution in [-0.2, 0) is 7.86 Å². The zero-order valence-corrected chi connectivity index (χ0v) is 10.3. The summed E-state index contributed by atoms with van der Waals surface area (Å²) in [6.07, 6.45) is 0.435. The lowest BCUT2D eigenvalue weighted by molar-refractivity contribution is -0.889. The fourth-order valence-corrected chi connectivity index (χ4v) is 1.10. The summed E-state index contributed by atoms with van der Waals surface area (Å²) in [6.45, 7) is 1.96. The number of rotatable bonds is 7. The third kappa shape index (κ3) is 7.36. The second-order valence-electron chi connectivity index (χ2n) is 3.64. The number of carbonyl (C=O) groups is 1. The Kier molecular flexibility index (Phi) is 6.84. The molecule has 0 radical (unpaired) electrons. The first-order valence-electron chi connectivity index (χ1n) is 4.20. The standard InChI is InChI=1S/C8H17INO3/c1-10(2,5-6-13-9)4-3-8(12)7-11/h11H,3-7H2,1-2H3/q+1. The number of aliphatic hydroxyl groups is 1. The molecule has 4 nitrogen and oxygen atoms in total. The van der Waals surface area contributed by atoms with Crippen molar-refractivity contribution in [2.45, 2.75) is 6.42 Å². The Morgan fingerprint density at radius 3 is 2.54 bits per heavy atom. The quantitative estimate of drug-likeness (QED) is 0.546. The van der Waals surface area contributed by atoms with E-state index in [2.05, 4.69) is 0 Å². The highest BCUT2D eigenvalue weighted by Crippen LogP contribution is 2.00. The molecule has 0 aliphatic carbocycles. The number of ketones is 1. The topological polar surface area (TPSA) is 46.5 Å². The van der Waals surface area contributed by atoms with Crippen LogP contribution in [0, 0.1) is 0 Å². The van der Waals surface area contributed by atoms with Crippen LogP contribution in [0.2, 0.25) is 0 Å². The second-order valence-corrected chi connectivity index (χ2v) is 4.27. The highest BCUT2D eigenvalue weighted by molar-refractivity contribution is 14.1. The third-order valence-electron chi connectivity index (χ3n) is 1.95. The van der Waals surface area contributed by atoms with Crippen LogP contribution in [0.15, 0.2) is 0 Å². The van der Waals surface area contributed by atoms with Gasteiger partial charge in [0.25, 0.3) is 0 Å². The molecule has 0 amide bonds. The van der Waals surface area contributed by atoms with E-state index in [-0.39, 0.29) is 12.4 Å². The van der Waals surface area contributed by atoms with Crippen LogP contribution >= 0.6 is 23.0 Å². The summed E-state index contributed by atoms with van der Waals surface area (Å²) in [5, 5.41) is 8.53. The minimum atomic E-state index is -0.344.